The number of ether oxygens (including phenoxy) is 1. The molecule has 0 aliphatic rings. The highest BCUT2D eigenvalue weighted by Gasteiger charge is 2.13. The van der Waals surface area contributed by atoms with Gasteiger partial charge in [-0.2, -0.15) is 5.10 Å². The van der Waals surface area contributed by atoms with Gasteiger partial charge in [0.25, 0.3) is 11.8 Å². The second-order valence-corrected chi connectivity index (χ2v) is 6.42. The highest BCUT2D eigenvalue weighted by atomic mass is 19.1. The van der Waals surface area contributed by atoms with E-state index in [0.29, 0.717) is 5.56 Å². The zero-order chi connectivity index (χ0) is 22.9. The fourth-order valence-corrected chi connectivity index (χ4v) is 2.49. The van der Waals surface area contributed by atoms with E-state index in [9.17, 15) is 23.2 Å². The lowest BCUT2D eigenvalue weighted by molar-refractivity contribution is -0.120. The maximum atomic E-state index is 13.6. The van der Waals surface area contributed by atoms with Crippen LogP contribution in [-0.4, -0.2) is 30.5 Å². The molecule has 0 aliphatic carbocycles. The first kappa shape index (κ1) is 22.3. The summed E-state index contributed by atoms with van der Waals surface area (Å²) in [5.41, 5.74) is 2.89. The Bertz CT molecular complexity index is 1150. The van der Waals surface area contributed by atoms with E-state index in [1.54, 1.807) is 12.1 Å². The molecule has 2 N–H and O–H groups in total. The molecule has 0 fully saturated rings. The molecule has 32 heavy (non-hydrogen) atoms. The van der Waals surface area contributed by atoms with Crippen LogP contribution in [0, 0.1) is 11.6 Å². The molecule has 0 bridgehead atoms. The molecule has 3 aromatic carbocycles. The molecule has 2 amide bonds. The molecule has 162 valence electrons. The van der Waals surface area contributed by atoms with Crippen LogP contribution in [0.4, 0.5) is 8.78 Å². The highest BCUT2D eigenvalue weighted by Crippen LogP contribution is 2.15. The number of carbonyl (C=O) groups excluding carboxylic acids is 3. The van der Waals surface area contributed by atoms with Crippen LogP contribution in [0.3, 0.4) is 0 Å². The van der Waals surface area contributed by atoms with Crippen molar-refractivity contribution >= 4 is 24.0 Å². The Labute approximate surface area is 181 Å². The predicted molar refractivity (Wildman–Crippen MR) is 112 cm³/mol. The number of rotatable bonds is 7. The third-order valence-corrected chi connectivity index (χ3v) is 4.10. The van der Waals surface area contributed by atoms with Crippen molar-refractivity contribution in [2.45, 2.75) is 0 Å². The standard InChI is InChI=1S/C23H17F2N3O4/c24-17-9-7-16(8-10-17)22(30)26-14-21(29)28-27-13-15-5-11-18(12-6-15)32-23(31)19-3-1-2-4-20(19)25/h1-13H,14H2,(H,26,30)(H,28,29)/b27-13-. The smallest absolute Gasteiger partial charge is 0.346 e. The number of hydrazone groups is 1. The van der Waals surface area contributed by atoms with Gasteiger partial charge in [-0.05, 0) is 66.2 Å². The lowest BCUT2D eigenvalue weighted by Gasteiger charge is -2.05. The predicted octanol–water partition coefficient (Wildman–Crippen LogP) is 3.06. The lowest BCUT2D eigenvalue weighted by Crippen LogP contribution is -2.34. The average Bonchev–Trinajstić information content (AvgIpc) is 2.79. The van der Waals surface area contributed by atoms with E-state index in [2.05, 4.69) is 15.8 Å². The molecule has 9 heteroatoms. The Hall–Kier alpha value is -4.40. The highest BCUT2D eigenvalue weighted by molar-refractivity contribution is 5.96. The fourth-order valence-electron chi connectivity index (χ4n) is 2.49. The Kier molecular flexibility index (Phi) is 7.37. The molecule has 3 aromatic rings. The minimum Gasteiger partial charge on any atom is -0.423 e. The van der Waals surface area contributed by atoms with Gasteiger partial charge in [-0.15, -0.1) is 0 Å². The monoisotopic (exact) mass is 437 g/mol. The molecule has 7 nitrogen and oxygen atoms in total. The second kappa shape index (κ2) is 10.6. The van der Waals surface area contributed by atoms with Crippen LogP contribution in [0.5, 0.6) is 5.75 Å². The lowest BCUT2D eigenvalue weighted by atomic mass is 10.2. The van der Waals surface area contributed by atoms with Crippen LogP contribution in [-0.2, 0) is 4.79 Å². The topological polar surface area (TPSA) is 96.9 Å². The van der Waals surface area contributed by atoms with Gasteiger partial charge in [0.2, 0.25) is 0 Å². The van der Waals surface area contributed by atoms with Crippen LogP contribution in [0.25, 0.3) is 0 Å². The Balaban J connectivity index is 1.45. The van der Waals surface area contributed by atoms with Gasteiger partial charge in [-0.25, -0.2) is 19.0 Å². The van der Waals surface area contributed by atoms with Crippen molar-refractivity contribution in [2.24, 2.45) is 5.10 Å². The maximum Gasteiger partial charge on any atom is 0.346 e. The minimum absolute atomic E-state index is 0.174. The second-order valence-electron chi connectivity index (χ2n) is 6.42. The number of amides is 2. The van der Waals surface area contributed by atoms with E-state index in [-0.39, 0.29) is 23.4 Å². The van der Waals surface area contributed by atoms with E-state index >= 15 is 0 Å². The zero-order valence-electron chi connectivity index (χ0n) is 16.5. The first-order valence-electron chi connectivity index (χ1n) is 9.35. The van der Waals surface area contributed by atoms with Gasteiger partial charge in [0.15, 0.2) is 0 Å². The number of esters is 1. The van der Waals surface area contributed by atoms with E-state index in [4.69, 9.17) is 4.74 Å². The molecule has 0 radical (unpaired) electrons. The first-order chi connectivity index (χ1) is 15.4. The summed E-state index contributed by atoms with van der Waals surface area (Å²) >= 11 is 0. The molecule has 0 spiro atoms. The van der Waals surface area contributed by atoms with Crippen LogP contribution in [0.1, 0.15) is 26.3 Å². The largest absolute Gasteiger partial charge is 0.423 e. The van der Waals surface area contributed by atoms with Crippen molar-refractivity contribution in [3.8, 4) is 5.75 Å². The van der Waals surface area contributed by atoms with Crippen molar-refractivity contribution in [1.29, 1.82) is 0 Å². The van der Waals surface area contributed by atoms with Gasteiger partial charge < -0.3 is 10.1 Å². The van der Waals surface area contributed by atoms with Crippen LogP contribution >= 0.6 is 0 Å². The number of benzene rings is 3. The molecule has 0 atom stereocenters. The van der Waals surface area contributed by atoms with Crippen LogP contribution < -0.4 is 15.5 Å². The number of nitrogens with one attached hydrogen (secondary N) is 2. The van der Waals surface area contributed by atoms with Crippen molar-refractivity contribution in [1.82, 2.24) is 10.7 Å². The summed E-state index contributed by atoms with van der Waals surface area (Å²) in [5.74, 6) is -2.84. The number of halogens is 2. The number of carbonyl (C=O) groups is 3. The van der Waals surface area contributed by atoms with E-state index in [1.165, 1.54) is 54.7 Å². The molecular formula is C23H17F2N3O4. The van der Waals surface area contributed by atoms with Crippen molar-refractivity contribution < 1.29 is 27.9 Å². The average molecular weight is 437 g/mol. The molecule has 0 heterocycles. The van der Waals surface area contributed by atoms with Crippen molar-refractivity contribution in [3.63, 3.8) is 0 Å². The molecule has 0 aliphatic heterocycles. The third-order valence-electron chi connectivity index (χ3n) is 4.10. The van der Waals surface area contributed by atoms with Gasteiger partial charge in [0.05, 0.1) is 18.3 Å². The summed E-state index contributed by atoms with van der Waals surface area (Å²) in [6.45, 7) is -0.321. The molecule has 0 saturated heterocycles. The summed E-state index contributed by atoms with van der Waals surface area (Å²) < 4.78 is 31.6. The van der Waals surface area contributed by atoms with Crippen LogP contribution in [0.15, 0.2) is 77.9 Å². The number of hydrogen-bond acceptors (Lipinski definition) is 5. The summed E-state index contributed by atoms with van der Waals surface area (Å²) in [6, 6.07) is 16.5. The van der Waals surface area contributed by atoms with Crippen molar-refractivity contribution in [2.75, 3.05) is 6.54 Å². The van der Waals surface area contributed by atoms with Gasteiger partial charge in [0, 0.05) is 5.56 Å². The summed E-state index contributed by atoms with van der Waals surface area (Å²) in [4.78, 5) is 35.6. The van der Waals surface area contributed by atoms with Gasteiger partial charge in [0.1, 0.15) is 17.4 Å². The van der Waals surface area contributed by atoms with Gasteiger partial charge in [-0.3, -0.25) is 9.59 Å². The SMILES string of the molecule is O=C(CNC(=O)c1ccc(F)cc1)N/N=C\c1ccc(OC(=O)c2ccccc2F)cc1. The molecular weight excluding hydrogens is 420 g/mol. The normalized spacial score (nSPS) is 10.6. The van der Waals surface area contributed by atoms with Crippen molar-refractivity contribution in [3.05, 3.63) is 101 Å². The molecule has 0 unspecified atom stereocenters. The van der Waals surface area contributed by atoms with Crippen LogP contribution in [0.2, 0.25) is 0 Å². The van der Waals surface area contributed by atoms with Gasteiger partial charge in [-0.1, -0.05) is 12.1 Å². The Morgan fingerprint density at radius 3 is 2.28 bits per heavy atom. The number of nitrogens with zero attached hydrogens (tertiary/aromatic N) is 1. The molecule has 3 rings (SSSR count). The first-order valence-corrected chi connectivity index (χ1v) is 9.35. The maximum absolute atomic E-state index is 13.6. The van der Waals surface area contributed by atoms with Gasteiger partial charge >= 0.3 is 5.97 Å². The fraction of sp³-hybridized carbons (Fsp3) is 0.0435. The minimum atomic E-state index is -0.820. The Morgan fingerprint density at radius 1 is 0.906 bits per heavy atom. The molecule has 0 aromatic heterocycles. The zero-order valence-corrected chi connectivity index (χ0v) is 16.5. The Morgan fingerprint density at radius 2 is 1.59 bits per heavy atom. The van der Waals surface area contributed by atoms with E-state index in [1.807, 2.05) is 0 Å². The summed E-state index contributed by atoms with van der Waals surface area (Å²) in [7, 11) is 0. The summed E-state index contributed by atoms with van der Waals surface area (Å²) in [6.07, 6.45) is 1.35. The molecule has 0 saturated carbocycles. The third kappa shape index (κ3) is 6.30. The quantitative estimate of drug-likeness (QED) is 0.257. The van der Waals surface area contributed by atoms with E-state index < -0.39 is 29.4 Å². The number of hydrogen-bond donors (Lipinski definition) is 2. The van der Waals surface area contributed by atoms with E-state index in [0.717, 1.165) is 12.1 Å². The summed E-state index contributed by atoms with van der Waals surface area (Å²) in [5, 5.41) is 6.16.